The summed E-state index contributed by atoms with van der Waals surface area (Å²) < 4.78 is 28.9. The molecule has 1 unspecified atom stereocenters. The first-order valence-electron chi connectivity index (χ1n) is 8.22. The van der Waals surface area contributed by atoms with E-state index >= 15 is 0 Å². The van der Waals surface area contributed by atoms with Crippen LogP contribution < -0.4 is 5.32 Å². The maximum Gasteiger partial charge on any atom is 0.257 e. The molecule has 0 saturated carbocycles. The predicted molar refractivity (Wildman–Crippen MR) is 98.7 cm³/mol. The lowest BCUT2D eigenvalue weighted by Gasteiger charge is -2.33. The van der Waals surface area contributed by atoms with Crippen LogP contribution in [0.2, 0.25) is 10.0 Å². The van der Waals surface area contributed by atoms with Gasteiger partial charge in [-0.05, 0) is 31.5 Å². The van der Waals surface area contributed by atoms with Gasteiger partial charge in [0.1, 0.15) is 0 Å². The number of ether oxygens (including phenoxy) is 3. The summed E-state index contributed by atoms with van der Waals surface area (Å²) in [4.78, 5) is 10.3. The van der Waals surface area contributed by atoms with Gasteiger partial charge in [-0.1, -0.05) is 29.3 Å². The first kappa shape index (κ1) is 21.1. The number of morpholine rings is 1. The molecule has 1 saturated heterocycles. The summed E-state index contributed by atoms with van der Waals surface area (Å²) in [5.74, 6) is 0. The summed E-state index contributed by atoms with van der Waals surface area (Å²) in [5.41, 5.74) is 0.960. The minimum absolute atomic E-state index is 0.0290. The van der Waals surface area contributed by atoms with Gasteiger partial charge in [-0.15, -0.1) is 0 Å². The zero-order valence-electron chi connectivity index (χ0n) is 14.3. The van der Waals surface area contributed by atoms with Crippen LogP contribution in [0, 0.1) is 0 Å². The van der Waals surface area contributed by atoms with E-state index in [0.717, 1.165) is 5.56 Å². The quantitative estimate of drug-likeness (QED) is 0.502. The molecule has 9 heteroatoms. The normalized spacial score (nSPS) is 23.6. The molecule has 1 aliphatic heterocycles. The molecule has 0 aliphatic carbocycles. The Morgan fingerprint density at radius 1 is 1.32 bits per heavy atom. The van der Waals surface area contributed by atoms with Crippen LogP contribution in [0.1, 0.15) is 25.5 Å². The van der Waals surface area contributed by atoms with Crippen molar-refractivity contribution in [3.8, 4) is 0 Å². The number of benzene rings is 1. The molecule has 0 radical (unpaired) electrons. The van der Waals surface area contributed by atoms with Crippen LogP contribution in [0.15, 0.2) is 18.2 Å². The van der Waals surface area contributed by atoms with Crippen LogP contribution in [0.3, 0.4) is 0 Å². The van der Waals surface area contributed by atoms with Crippen LogP contribution in [0.25, 0.3) is 0 Å². The lowest BCUT2D eigenvalue weighted by molar-refractivity contribution is -0.0884. The fourth-order valence-corrected chi connectivity index (χ4v) is 4.69. The second-order valence-corrected chi connectivity index (χ2v) is 8.86. The molecule has 2 N–H and O–H groups in total. The monoisotopic (exact) mass is 411 g/mol. The van der Waals surface area contributed by atoms with Crippen molar-refractivity contribution in [3.05, 3.63) is 33.8 Å². The number of rotatable bonds is 8. The van der Waals surface area contributed by atoms with Crippen LogP contribution in [-0.2, 0) is 18.8 Å². The van der Waals surface area contributed by atoms with Crippen LogP contribution in [0.5, 0.6) is 0 Å². The summed E-state index contributed by atoms with van der Waals surface area (Å²) in [7, 11) is -3.66. The van der Waals surface area contributed by atoms with E-state index in [1.807, 2.05) is 6.07 Å². The highest BCUT2D eigenvalue weighted by molar-refractivity contribution is 7.58. The molecule has 25 heavy (non-hydrogen) atoms. The fourth-order valence-electron chi connectivity index (χ4n) is 2.63. The molecule has 0 amide bonds. The lowest BCUT2D eigenvalue weighted by Crippen LogP contribution is -2.43. The van der Waals surface area contributed by atoms with E-state index in [1.54, 1.807) is 26.0 Å². The van der Waals surface area contributed by atoms with Gasteiger partial charge in [-0.25, -0.2) is 0 Å². The zero-order valence-corrected chi connectivity index (χ0v) is 16.7. The van der Waals surface area contributed by atoms with Gasteiger partial charge >= 0.3 is 0 Å². The van der Waals surface area contributed by atoms with Gasteiger partial charge in [0.15, 0.2) is 0 Å². The topological polar surface area (TPSA) is 77.0 Å². The van der Waals surface area contributed by atoms with Crippen LogP contribution in [-0.4, -0.2) is 49.6 Å². The average molecular weight is 412 g/mol. The second-order valence-electron chi connectivity index (χ2n) is 5.75. The summed E-state index contributed by atoms with van der Waals surface area (Å²) in [5, 5.41) is 4.30. The van der Waals surface area contributed by atoms with Crippen LogP contribution >= 0.6 is 30.6 Å². The highest BCUT2D eigenvalue weighted by Crippen LogP contribution is 2.48. The minimum atomic E-state index is -3.66. The standard InChI is InChI=1S/C16H24Cl2NO5P/c1-3-22-16(23-4-2)25(20,21)10-12-8-19-15(9-24-12)11-5-6-13(17)14(18)7-11/h5-7,12,15-16,19H,3-4,8-10H2,1-2H3,(H,20,21)/t12-,15+/m1/s1. The first-order valence-corrected chi connectivity index (χ1v) is 10.9. The van der Waals surface area contributed by atoms with E-state index in [4.69, 9.17) is 37.4 Å². The predicted octanol–water partition coefficient (Wildman–Crippen LogP) is 3.65. The Morgan fingerprint density at radius 2 is 2.00 bits per heavy atom. The molecule has 3 atom stereocenters. The molecular weight excluding hydrogens is 388 g/mol. The van der Waals surface area contributed by atoms with Gasteiger partial charge in [0.05, 0.1) is 35.0 Å². The number of halogens is 2. The number of hydrogen-bond donors (Lipinski definition) is 2. The van der Waals surface area contributed by atoms with E-state index in [1.165, 1.54) is 0 Å². The molecule has 0 aromatic heterocycles. The molecule has 0 spiro atoms. The highest BCUT2D eigenvalue weighted by atomic mass is 35.5. The van der Waals surface area contributed by atoms with Crippen molar-refractivity contribution in [2.45, 2.75) is 32.0 Å². The Morgan fingerprint density at radius 3 is 2.52 bits per heavy atom. The van der Waals surface area contributed by atoms with Crippen molar-refractivity contribution in [3.63, 3.8) is 0 Å². The SMILES string of the molecule is CCOC(OCC)P(=O)(O)C[C@H]1CN[C@H](c2ccc(Cl)c(Cl)c2)CO1. The molecule has 2 rings (SSSR count). The van der Waals surface area contributed by atoms with Gasteiger partial charge in [-0.2, -0.15) is 0 Å². The summed E-state index contributed by atoms with van der Waals surface area (Å²) in [6, 6.07) is 4.26. The van der Waals surface area contributed by atoms with E-state index in [-0.39, 0.29) is 12.2 Å². The van der Waals surface area contributed by atoms with Gasteiger partial charge in [-0.3, -0.25) is 4.57 Å². The van der Waals surface area contributed by atoms with Crippen molar-refractivity contribution in [2.24, 2.45) is 0 Å². The Kier molecular flexibility index (Phi) is 8.18. The lowest BCUT2D eigenvalue weighted by atomic mass is 10.1. The van der Waals surface area contributed by atoms with Crippen molar-refractivity contribution >= 4 is 30.6 Å². The molecule has 1 aromatic rings. The molecular formula is C16H24Cl2NO5P. The summed E-state index contributed by atoms with van der Waals surface area (Å²) in [6.45, 7) is 4.94. The molecule has 6 nitrogen and oxygen atoms in total. The van der Waals surface area contributed by atoms with Crippen molar-refractivity contribution in [1.29, 1.82) is 0 Å². The Hall–Kier alpha value is -0.170. The van der Waals surface area contributed by atoms with Gasteiger partial charge in [0.2, 0.25) is 6.03 Å². The Bertz CT molecular complexity index is 604. The third-order valence-corrected chi connectivity index (χ3v) is 6.48. The van der Waals surface area contributed by atoms with E-state index in [9.17, 15) is 9.46 Å². The summed E-state index contributed by atoms with van der Waals surface area (Å²) >= 11 is 12.0. The van der Waals surface area contributed by atoms with E-state index in [2.05, 4.69) is 5.32 Å². The molecule has 0 bridgehead atoms. The van der Waals surface area contributed by atoms with Gasteiger partial charge < -0.3 is 24.4 Å². The Labute approximate surface area is 158 Å². The number of hydrogen-bond acceptors (Lipinski definition) is 5. The molecule has 1 fully saturated rings. The molecule has 1 aromatic carbocycles. The maximum absolute atomic E-state index is 12.6. The van der Waals surface area contributed by atoms with Crippen molar-refractivity contribution in [1.82, 2.24) is 5.32 Å². The van der Waals surface area contributed by atoms with Crippen LogP contribution in [0.4, 0.5) is 0 Å². The second kappa shape index (κ2) is 9.67. The fraction of sp³-hybridized carbons (Fsp3) is 0.625. The molecule has 1 aliphatic rings. The third-order valence-electron chi connectivity index (χ3n) is 3.85. The van der Waals surface area contributed by atoms with Gasteiger partial charge in [0, 0.05) is 19.8 Å². The first-order chi connectivity index (χ1) is 11.9. The smallest absolute Gasteiger partial charge is 0.257 e. The summed E-state index contributed by atoms with van der Waals surface area (Å²) in [6.07, 6.45) is -0.420. The zero-order chi connectivity index (χ0) is 18.4. The maximum atomic E-state index is 12.6. The molecule has 142 valence electrons. The third kappa shape index (κ3) is 5.91. The van der Waals surface area contributed by atoms with Crippen molar-refractivity contribution in [2.75, 3.05) is 32.5 Å². The van der Waals surface area contributed by atoms with E-state index in [0.29, 0.717) is 36.4 Å². The Balaban J connectivity index is 1.92. The minimum Gasteiger partial charge on any atom is -0.374 e. The average Bonchev–Trinajstić information content (AvgIpc) is 2.57. The largest absolute Gasteiger partial charge is 0.374 e. The van der Waals surface area contributed by atoms with E-state index < -0.39 is 19.5 Å². The highest BCUT2D eigenvalue weighted by Gasteiger charge is 2.37. The molecule has 1 heterocycles. The van der Waals surface area contributed by atoms with Crippen molar-refractivity contribution < 1.29 is 23.7 Å². The van der Waals surface area contributed by atoms with Gasteiger partial charge in [0.25, 0.3) is 7.37 Å². The number of nitrogens with one attached hydrogen (secondary N) is 1.